The molecular formula is C30H30N2O5. The van der Waals surface area contributed by atoms with Crippen LogP contribution in [0.4, 0.5) is 5.69 Å². The fourth-order valence-electron chi connectivity index (χ4n) is 5.09. The molecule has 7 nitrogen and oxygen atoms in total. The van der Waals surface area contributed by atoms with Crippen LogP contribution in [0.3, 0.4) is 0 Å². The molecule has 0 bridgehead atoms. The first-order valence-corrected chi connectivity index (χ1v) is 12.3. The molecule has 7 heteroatoms. The topological polar surface area (TPSA) is 79.3 Å². The third-order valence-electron chi connectivity index (χ3n) is 6.97. The number of anilines is 1. The van der Waals surface area contributed by atoms with Crippen molar-refractivity contribution in [2.75, 3.05) is 26.1 Å². The first kappa shape index (κ1) is 24.4. The number of carbonyl (C=O) groups excluding carboxylic acids is 2. The van der Waals surface area contributed by atoms with E-state index in [0.717, 1.165) is 28.1 Å². The molecule has 3 aromatic rings. The van der Waals surface area contributed by atoms with Crippen LogP contribution in [0, 0.1) is 0 Å². The van der Waals surface area contributed by atoms with Gasteiger partial charge in [0.2, 0.25) is 0 Å². The monoisotopic (exact) mass is 498 g/mol. The number of fused-ring (bicyclic) bond motifs is 1. The van der Waals surface area contributed by atoms with E-state index in [4.69, 9.17) is 9.47 Å². The Labute approximate surface area is 216 Å². The minimum Gasteiger partial charge on any atom is -0.507 e. The molecule has 2 heterocycles. The van der Waals surface area contributed by atoms with Crippen LogP contribution in [0.5, 0.6) is 11.5 Å². The predicted molar refractivity (Wildman–Crippen MR) is 142 cm³/mol. The van der Waals surface area contributed by atoms with Crippen molar-refractivity contribution >= 4 is 23.1 Å². The normalized spacial score (nSPS) is 20.1. The Morgan fingerprint density at radius 2 is 1.81 bits per heavy atom. The smallest absolute Gasteiger partial charge is 0.295 e. The maximum Gasteiger partial charge on any atom is 0.295 e. The number of hydrogen-bond acceptors (Lipinski definition) is 6. The Kier molecular flexibility index (Phi) is 6.38. The second-order valence-electron chi connectivity index (χ2n) is 9.68. The van der Waals surface area contributed by atoms with Gasteiger partial charge >= 0.3 is 0 Å². The number of carbonyl (C=O) groups is 2. The van der Waals surface area contributed by atoms with E-state index in [9.17, 15) is 14.7 Å². The summed E-state index contributed by atoms with van der Waals surface area (Å²) in [5.74, 6) is -0.160. The minimum absolute atomic E-state index is 0.0500. The largest absolute Gasteiger partial charge is 0.507 e. The summed E-state index contributed by atoms with van der Waals surface area (Å²) < 4.78 is 11.3. The molecule has 190 valence electrons. The van der Waals surface area contributed by atoms with Crippen molar-refractivity contribution in [3.63, 3.8) is 0 Å². The van der Waals surface area contributed by atoms with Gasteiger partial charge in [0, 0.05) is 37.3 Å². The van der Waals surface area contributed by atoms with Gasteiger partial charge in [0.15, 0.2) is 0 Å². The number of rotatable bonds is 6. The molecule has 5 rings (SSSR count). The molecule has 0 radical (unpaired) electrons. The van der Waals surface area contributed by atoms with Crippen molar-refractivity contribution in [1.82, 2.24) is 4.90 Å². The number of methoxy groups -OCH3 is 1. The molecule has 2 aliphatic heterocycles. The summed E-state index contributed by atoms with van der Waals surface area (Å²) >= 11 is 0. The van der Waals surface area contributed by atoms with E-state index in [-0.39, 0.29) is 24.0 Å². The van der Waals surface area contributed by atoms with Crippen molar-refractivity contribution in [3.8, 4) is 11.5 Å². The van der Waals surface area contributed by atoms with Gasteiger partial charge in [-0.3, -0.25) is 9.59 Å². The first-order valence-electron chi connectivity index (χ1n) is 12.3. The van der Waals surface area contributed by atoms with E-state index >= 15 is 0 Å². The van der Waals surface area contributed by atoms with E-state index in [1.807, 2.05) is 80.5 Å². The zero-order valence-corrected chi connectivity index (χ0v) is 21.4. The van der Waals surface area contributed by atoms with E-state index < -0.39 is 17.7 Å². The van der Waals surface area contributed by atoms with Crippen molar-refractivity contribution in [3.05, 3.63) is 94.6 Å². The van der Waals surface area contributed by atoms with Gasteiger partial charge in [-0.25, -0.2) is 0 Å². The fraction of sp³-hybridized carbons (Fsp3) is 0.267. The number of hydrogen-bond donors (Lipinski definition) is 1. The fourth-order valence-corrected chi connectivity index (χ4v) is 5.09. The van der Waals surface area contributed by atoms with Crippen LogP contribution in [0.2, 0.25) is 0 Å². The summed E-state index contributed by atoms with van der Waals surface area (Å²) in [5.41, 5.74) is 4.01. The quantitative estimate of drug-likeness (QED) is 0.301. The van der Waals surface area contributed by atoms with Gasteiger partial charge in [0.25, 0.3) is 11.7 Å². The number of benzene rings is 3. The standard InChI is InChI=1S/C30H30N2O5/c1-18-15-22-16-20(11-14-25(22)37-18)28(33)26-27(19-9-12-23(13-10-19)31(2)3)32(30(35)29(26)34)17-21-7-5-6-8-24(21)36-4/h5-14,16,18,27,33H,15,17H2,1-4H3/b28-26-. The van der Waals surface area contributed by atoms with Crippen molar-refractivity contribution in [1.29, 1.82) is 0 Å². The Morgan fingerprint density at radius 1 is 1.08 bits per heavy atom. The molecule has 0 aromatic heterocycles. The number of ketones is 1. The maximum atomic E-state index is 13.4. The Balaban J connectivity index is 1.63. The highest BCUT2D eigenvalue weighted by atomic mass is 16.5. The van der Waals surface area contributed by atoms with E-state index in [1.54, 1.807) is 19.2 Å². The zero-order chi connectivity index (χ0) is 26.3. The number of likely N-dealkylation sites (tertiary alicyclic amines) is 1. The van der Waals surface area contributed by atoms with Crippen molar-refractivity contribution in [2.24, 2.45) is 0 Å². The molecular weight excluding hydrogens is 468 g/mol. The number of Topliss-reactive ketones (excluding diaryl/α,β-unsaturated/α-hetero) is 1. The average Bonchev–Trinajstić information content (AvgIpc) is 3.39. The Bertz CT molecular complexity index is 1390. The molecule has 1 saturated heterocycles. The molecule has 2 unspecified atom stereocenters. The molecule has 1 amide bonds. The van der Waals surface area contributed by atoms with Gasteiger partial charge in [0.1, 0.15) is 23.4 Å². The van der Waals surface area contributed by atoms with Gasteiger partial charge in [-0.05, 0) is 54.4 Å². The molecule has 3 aromatic carbocycles. The predicted octanol–water partition coefficient (Wildman–Crippen LogP) is 4.71. The molecule has 0 spiro atoms. The number of aliphatic hydroxyl groups excluding tert-OH is 1. The highest BCUT2D eigenvalue weighted by Crippen LogP contribution is 2.42. The second kappa shape index (κ2) is 9.65. The highest BCUT2D eigenvalue weighted by molar-refractivity contribution is 6.46. The number of nitrogens with zero attached hydrogens (tertiary/aromatic N) is 2. The Hall–Kier alpha value is -4.26. The number of ether oxygens (including phenoxy) is 2. The number of aliphatic hydroxyl groups is 1. The average molecular weight is 499 g/mol. The van der Waals surface area contributed by atoms with Crippen LogP contribution < -0.4 is 14.4 Å². The summed E-state index contributed by atoms with van der Waals surface area (Å²) in [7, 11) is 5.46. The van der Waals surface area contributed by atoms with E-state index in [1.165, 1.54) is 4.90 Å². The lowest BCUT2D eigenvalue weighted by Crippen LogP contribution is -2.29. The van der Waals surface area contributed by atoms with Crippen LogP contribution in [0.25, 0.3) is 5.76 Å². The van der Waals surface area contributed by atoms with Crippen LogP contribution >= 0.6 is 0 Å². The van der Waals surface area contributed by atoms with Crippen molar-refractivity contribution < 1.29 is 24.2 Å². The number of amides is 1. The first-order chi connectivity index (χ1) is 17.8. The van der Waals surface area contributed by atoms with Gasteiger partial charge in [-0.1, -0.05) is 30.3 Å². The van der Waals surface area contributed by atoms with Crippen LogP contribution in [-0.2, 0) is 22.6 Å². The molecule has 0 saturated carbocycles. The van der Waals surface area contributed by atoms with Crippen LogP contribution in [0.1, 0.15) is 35.2 Å². The lowest BCUT2D eigenvalue weighted by Gasteiger charge is -2.26. The van der Waals surface area contributed by atoms with Crippen molar-refractivity contribution in [2.45, 2.75) is 32.0 Å². The highest BCUT2D eigenvalue weighted by Gasteiger charge is 2.46. The minimum atomic E-state index is -0.760. The lowest BCUT2D eigenvalue weighted by atomic mass is 9.94. The SMILES string of the molecule is COc1ccccc1CN1C(=O)C(=O)/C(=C(\O)c2ccc3c(c2)CC(C)O3)C1c1ccc(N(C)C)cc1. The summed E-state index contributed by atoms with van der Waals surface area (Å²) in [6.45, 7) is 2.14. The Morgan fingerprint density at radius 3 is 2.51 bits per heavy atom. The molecule has 37 heavy (non-hydrogen) atoms. The lowest BCUT2D eigenvalue weighted by molar-refractivity contribution is -0.140. The van der Waals surface area contributed by atoms with E-state index in [2.05, 4.69) is 0 Å². The molecule has 1 fully saturated rings. The van der Waals surface area contributed by atoms with Crippen LogP contribution in [0.15, 0.2) is 72.3 Å². The summed E-state index contributed by atoms with van der Waals surface area (Å²) in [6, 6.07) is 19.7. The molecule has 2 atom stereocenters. The van der Waals surface area contributed by atoms with Gasteiger partial charge < -0.3 is 24.4 Å². The molecule has 2 aliphatic rings. The third-order valence-corrected chi connectivity index (χ3v) is 6.97. The summed E-state index contributed by atoms with van der Waals surface area (Å²) in [6.07, 6.45) is 0.766. The van der Waals surface area contributed by atoms with E-state index in [0.29, 0.717) is 17.7 Å². The second-order valence-corrected chi connectivity index (χ2v) is 9.68. The van der Waals surface area contributed by atoms with Crippen LogP contribution in [-0.4, -0.2) is 49.0 Å². The van der Waals surface area contributed by atoms with Gasteiger partial charge in [-0.15, -0.1) is 0 Å². The maximum absolute atomic E-state index is 13.4. The number of para-hydroxylation sites is 1. The third kappa shape index (κ3) is 4.42. The molecule has 1 N–H and O–H groups in total. The van der Waals surface area contributed by atoms with Gasteiger partial charge in [-0.2, -0.15) is 0 Å². The summed E-state index contributed by atoms with van der Waals surface area (Å²) in [5, 5.41) is 11.5. The zero-order valence-electron chi connectivity index (χ0n) is 21.4. The summed E-state index contributed by atoms with van der Waals surface area (Å²) in [4.78, 5) is 30.3. The van der Waals surface area contributed by atoms with Gasteiger partial charge in [0.05, 0.1) is 25.3 Å². The molecule has 0 aliphatic carbocycles.